The van der Waals surface area contributed by atoms with Gasteiger partial charge in [-0.1, -0.05) is 41.6 Å². The minimum absolute atomic E-state index is 0.289. The van der Waals surface area contributed by atoms with Crippen molar-refractivity contribution in [2.45, 2.75) is 12.5 Å². The molecule has 0 saturated carbocycles. The lowest BCUT2D eigenvalue weighted by atomic mass is 10.1. The first-order valence-electron chi connectivity index (χ1n) is 8.18. The van der Waals surface area contributed by atoms with Crippen molar-refractivity contribution in [2.75, 3.05) is 19.5 Å². The molecular weight excluding hydrogens is 332 g/mol. The van der Waals surface area contributed by atoms with Crippen LogP contribution in [0.4, 0.5) is 5.69 Å². The van der Waals surface area contributed by atoms with Gasteiger partial charge in [-0.15, -0.1) is 0 Å². The minimum Gasteiger partial charge on any atom is -0.497 e. The van der Waals surface area contributed by atoms with E-state index in [-0.39, 0.29) is 5.91 Å². The van der Waals surface area contributed by atoms with Crippen LogP contribution in [0.15, 0.2) is 59.8 Å². The zero-order valence-corrected chi connectivity index (χ0v) is 14.6. The van der Waals surface area contributed by atoms with Crippen molar-refractivity contribution in [1.82, 2.24) is 0 Å². The smallest absolute Gasteiger partial charge is 0.268 e. The van der Waals surface area contributed by atoms with Gasteiger partial charge in [0.1, 0.15) is 11.5 Å². The second kappa shape index (κ2) is 8.20. The van der Waals surface area contributed by atoms with Gasteiger partial charge in [0.15, 0.2) is 0 Å². The molecule has 134 valence electrons. The van der Waals surface area contributed by atoms with Crippen molar-refractivity contribution in [3.63, 3.8) is 0 Å². The van der Waals surface area contributed by atoms with E-state index in [1.807, 2.05) is 42.5 Å². The number of hydrogen-bond donors (Lipinski definition) is 1. The van der Waals surface area contributed by atoms with Crippen LogP contribution in [0.2, 0.25) is 0 Å². The van der Waals surface area contributed by atoms with Gasteiger partial charge in [0, 0.05) is 12.5 Å². The maximum atomic E-state index is 12.5. The van der Waals surface area contributed by atoms with E-state index in [2.05, 4.69) is 10.5 Å². The normalized spacial score (nSPS) is 16.1. The maximum Gasteiger partial charge on any atom is 0.268 e. The fourth-order valence-corrected chi connectivity index (χ4v) is 2.52. The molecule has 0 saturated heterocycles. The Morgan fingerprint density at radius 3 is 2.69 bits per heavy atom. The topological polar surface area (TPSA) is 69.2 Å². The van der Waals surface area contributed by atoms with Crippen molar-refractivity contribution in [1.29, 1.82) is 0 Å². The second-order valence-electron chi connectivity index (χ2n) is 5.68. The van der Waals surface area contributed by atoms with Gasteiger partial charge in [-0.05, 0) is 23.8 Å². The van der Waals surface area contributed by atoms with Gasteiger partial charge in [0.05, 0.1) is 25.6 Å². The predicted molar refractivity (Wildman–Crippen MR) is 101 cm³/mol. The van der Waals surface area contributed by atoms with E-state index in [0.29, 0.717) is 29.3 Å². The van der Waals surface area contributed by atoms with E-state index in [1.54, 1.807) is 32.4 Å². The number of carbonyl (C=O) groups excluding carboxylic acids is 1. The lowest BCUT2D eigenvalue weighted by molar-refractivity contribution is -0.125. The molecule has 1 atom stereocenters. The van der Waals surface area contributed by atoms with E-state index in [1.165, 1.54) is 0 Å². The molecule has 6 heteroatoms. The Morgan fingerprint density at radius 2 is 1.96 bits per heavy atom. The van der Waals surface area contributed by atoms with Gasteiger partial charge in [-0.25, -0.2) is 0 Å². The number of benzene rings is 2. The van der Waals surface area contributed by atoms with Crippen LogP contribution in [0.25, 0.3) is 6.08 Å². The molecule has 0 aliphatic carbocycles. The third-order valence-electron chi connectivity index (χ3n) is 3.92. The van der Waals surface area contributed by atoms with Crippen molar-refractivity contribution in [3.05, 3.63) is 60.2 Å². The van der Waals surface area contributed by atoms with Crippen LogP contribution in [0, 0.1) is 0 Å². The highest BCUT2D eigenvalue weighted by atomic mass is 16.6. The van der Waals surface area contributed by atoms with Gasteiger partial charge in [0.2, 0.25) is 6.10 Å². The summed E-state index contributed by atoms with van der Waals surface area (Å²) in [6, 6.07) is 15.1. The fourth-order valence-electron chi connectivity index (χ4n) is 2.52. The number of amides is 1. The molecule has 1 N–H and O–H groups in total. The lowest BCUT2D eigenvalue weighted by Crippen LogP contribution is -2.28. The quantitative estimate of drug-likeness (QED) is 0.864. The number of allylic oxidation sites excluding steroid dienone is 1. The first-order chi connectivity index (χ1) is 12.7. The Hall–Kier alpha value is -3.28. The number of nitrogens with zero attached hydrogens (tertiary/aromatic N) is 1. The van der Waals surface area contributed by atoms with Crippen LogP contribution in [-0.2, 0) is 9.63 Å². The maximum absolute atomic E-state index is 12.5. The molecule has 2 aromatic carbocycles. The van der Waals surface area contributed by atoms with Gasteiger partial charge in [-0.2, -0.15) is 0 Å². The third-order valence-corrected chi connectivity index (χ3v) is 3.92. The molecule has 2 aromatic rings. The summed E-state index contributed by atoms with van der Waals surface area (Å²) in [4.78, 5) is 17.7. The summed E-state index contributed by atoms with van der Waals surface area (Å²) < 4.78 is 10.4. The summed E-state index contributed by atoms with van der Waals surface area (Å²) >= 11 is 0. The van der Waals surface area contributed by atoms with Crippen molar-refractivity contribution >= 4 is 23.4 Å². The van der Waals surface area contributed by atoms with Gasteiger partial charge < -0.3 is 19.6 Å². The Kier molecular flexibility index (Phi) is 5.53. The molecule has 1 aliphatic rings. The lowest BCUT2D eigenvalue weighted by Gasteiger charge is -2.13. The SMILES string of the molecule is COc1ccc(OC)c(NC(=O)[C@@H]2CC(/C=C/c3ccccc3)=NO2)c1. The standard InChI is InChI=1S/C20H20N2O4/c1-24-16-10-11-18(25-2)17(13-16)21-20(23)19-12-15(22-26-19)9-8-14-6-4-3-5-7-14/h3-11,13,19H,12H2,1-2H3,(H,21,23)/b9-8+/t19-/m0/s1. The van der Waals surface area contributed by atoms with E-state index < -0.39 is 6.10 Å². The fraction of sp³-hybridized carbons (Fsp3) is 0.200. The highest BCUT2D eigenvalue weighted by Gasteiger charge is 2.27. The number of ether oxygens (including phenoxy) is 2. The average molecular weight is 352 g/mol. The molecule has 0 bridgehead atoms. The summed E-state index contributed by atoms with van der Waals surface area (Å²) in [5, 5.41) is 6.79. The van der Waals surface area contributed by atoms with Gasteiger partial charge in [-0.3, -0.25) is 4.79 Å². The number of rotatable bonds is 6. The summed E-state index contributed by atoms with van der Waals surface area (Å²) in [6.07, 6.45) is 3.52. The molecule has 0 unspecified atom stereocenters. The summed E-state index contributed by atoms with van der Waals surface area (Å²) in [5.41, 5.74) is 2.30. The number of oxime groups is 1. The van der Waals surface area contributed by atoms with E-state index in [4.69, 9.17) is 14.3 Å². The molecule has 0 radical (unpaired) electrons. The predicted octanol–water partition coefficient (Wildman–Crippen LogP) is 3.50. The van der Waals surface area contributed by atoms with Crippen molar-refractivity contribution < 1.29 is 19.1 Å². The van der Waals surface area contributed by atoms with Crippen LogP contribution in [0.3, 0.4) is 0 Å². The highest BCUT2D eigenvalue weighted by Crippen LogP contribution is 2.29. The molecule has 0 aromatic heterocycles. The summed E-state index contributed by atoms with van der Waals surface area (Å²) in [6.45, 7) is 0. The Labute approximate surface area is 152 Å². The van der Waals surface area contributed by atoms with Crippen LogP contribution >= 0.6 is 0 Å². The molecule has 0 spiro atoms. The highest BCUT2D eigenvalue weighted by molar-refractivity contribution is 6.04. The van der Waals surface area contributed by atoms with Crippen molar-refractivity contribution in [3.8, 4) is 11.5 Å². The Morgan fingerprint density at radius 1 is 1.15 bits per heavy atom. The van der Waals surface area contributed by atoms with Gasteiger partial charge >= 0.3 is 0 Å². The molecule has 3 rings (SSSR count). The number of hydrogen-bond acceptors (Lipinski definition) is 5. The summed E-state index contributed by atoms with van der Waals surface area (Å²) in [5.74, 6) is 0.877. The van der Waals surface area contributed by atoms with Crippen LogP contribution in [0.1, 0.15) is 12.0 Å². The average Bonchev–Trinajstić information content (AvgIpc) is 3.16. The number of anilines is 1. The van der Waals surface area contributed by atoms with E-state index >= 15 is 0 Å². The Balaban J connectivity index is 1.61. The molecule has 1 heterocycles. The summed E-state index contributed by atoms with van der Waals surface area (Å²) in [7, 11) is 3.10. The molecular formula is C20H20N2O4. The molecule has 1 aliphatic heterocycles. The largest absolute Gasteiger partial charge is 0.497 e. The Bertz CT molecular complexity index is 831. The zero-order chi connectivity index (χ0) is 18.4. The molecule has 1 amide bonds. The number of carbonyl (C=O) groups is 1. The number of methoxy groups -OCH3 is 2. The zero-order valence-electron chi connectivity index (χ0n) is 14.6. The minimum atomic E-state index is -0.679. The van der Waals surface area contributed by atoms with Gasteiger partial charge in [0.25, 0.3) is 5.91 Å². The number of nitrogens with one attached hydrogen (secondary N) is 1. The van der Waals surface area contributed by atoms with E-state index in [9.17, 15) is 4.79 Å². The molecule has 6 nitrogen and oxygen atoms in total. The first kappa shape index (κ1) is 17.5. The van der Waals surface area contributed by atoms with Crippen LogP contribution < -0.4 is 14.8 Å². The van der Waals surface area contributed by atoms with Crippen LogP contribution in [-0.4, -0.2) is 31.9 Å². The van der Waals surface area contributed by atoms with E-state index in [0.717, 1.165) is 5.56 Å². The molecule has 0 fully saturated rings. The van der Waals surface area contributed by atoms with Crippen molar-refractivity contribution in [2.24, 2.45) is 5.16 Å². The second-order valence-corrected chi connectivity index (χ2v) is 5.68. The van der Waals surface area contributed by atoms with Crippen LogP contribution in [0.5, 0.6) is 11.5 Å². The first-order valence-corrected chi connectivity index (χ1v) is 8.18. The third kappa shape index (κ3) is 4.22. The molecule has 26 heavy (non-hydrogen) atoms. The monoisotopic (exact) mass is 352 g/mol.